The standard InChI is InChI=1S/C9H8F3NO/c1-6(14-2)7-4-3-5-13-8(7)9(10,11)12/h3-5H,1H2,2H3. The summed E-state index contributed by atoms with van der Waals surface area (Å²) in [4.78, 5) is 3.25. The van der Waals surface area contributed by atoms with E-state index in [1.54, 1.807) is 0 Å². The van der Waals surface area contributed by atoms with Crippen LogP contribution in [-0.4, -0.2) is 12.1 Å². The van der Waals surface area contributed by atoms with Gasteiger partial charge in [-0.2, -0.15) is 13.2 Å². The van der Waals surface area contributed by atoms with Crippen LogP contribution in [0.25, 0.3) is 5.76 Å². The first-order valence-electron chi connectivity index (χ1n) is 3.72. The molecule has 0 amide bonds. The molecule has 0 aliphatic heterocycles. The van der Waals surface area contributed by atoms with Crippen LogP contribution in [0.4, 0.5) is 13.2 Å². The van der Waals surface area contributed by atoms with Crippen LogP contribution in [-0.2, 0) is 10.9 Å². The van der Waals surface area contributed by atoms with Crippen molar-refractivity contribution in [3.63, 3.8) is 0 Å². The van der Waals surface area contributed by atoms with Crippen LogP contribution in [0.5, 0.6) is 0 Å². The van der Waals surface area contributed by atoms with Crippen molar-refractivity contribution in [2.24, 2.45) is 0 Å². The molecule has 14 heavy (non-hydrogen) atoms. The SMILES string of the molecule is C=C(OC)c1cccnc1C(F)(F)F. The van der Waals surface area contributed by atoms with Crippen molar-refractivity contribution in [1.29, 1.82) is 0 Å². The Hall–Kier alpha value is -1.52. The number of nitrogens with zero attached hydrogens (tertiary/aromatic N) is 1. The number of halogens is 3. The molecule has 76 valence electrons. The van der Waals surface area contributed by atoms with Gasteiger partial charge in [0, 0.05) is 11.8 Å². The summed E-state index contributed by atoms with van der Waals surface area (Å²) >= 11 is 0. The highest BCUT2D eigenvalue weighted by Gasteiger charge is 2.35. The maximum Gasteiger partial charge on any atom is 0.434 e. The van der Waals surface area contributed by atoms with Gasteiger partial charge in [-0.15, -0.1) is 0 Å². The van der Waals surface area contributed by atoms with E-state index in [2.05, 4.69) is 16.3 Å². The van der Waals surface area contributed by atoms with Crippen LogP contribution < -0.4 is 0 Å². The van der Waals surface area contributed by atoms with E-state index in [4.69, 9.17) is 0 Å². The molecule has 0 unspecified atom stereocenters. The minimum atomic E-state index is -4.49. The first kappa shape index (κ1) is 10.6. The molecule has 1 heterocycles. The second kappa shape index (κ2) is 3.69. The monoisotopic (exact) mass is 203 g/mol. The van der Waals surface area contributed by atoms with E-state index in [1.807, 2.05) is 0 Å². The minimum absolute atomic E-state index is 0.0505. The van der Waals surface area contributed by atoms with Gasteiger partial charge in [-0.05, 0) is 12.1 Å². The summed E-state index contributed by atoms with van der Waals surface area (Å²) in [6.45, 7) is 3.36. The van der Waals surface area contributed by atoms with Crippen LogP contribution in [0.3, 0.4) is 0 Å². The van der Waals surface area contributed by atoms with Crippen LogP contribution >= 0.6 is 0 Å². The molecule has 0 aromatic carbocycles. The van der Waals surface area contributed by atoms with E-state index < -0.39 is 11.9 Å². The van der Waals surface area contributed by atoms with Gasteiger partial charge in [-0.25, -0.2) is 0 Å². The molecule has 0 bridgehead atoms. The number of alkyl halides is 3. The summed E-state index contributed by atoms with van der Waals surface area (Å²) in [6, 6.07) is 2.66. The Morgan fingerprint density at radius 1 is 1.50 bits per heavy atom. The zero-order valence-corrected chi connectivity index (χ0v) is 7.43. The zero-order chi connectivity index (χ0) is 10.8. The van der Waals surface area contributed by atoms with Gasteiger partial charge in [0.1, 0.15) is 5.76 Å². The molecule has 0 aliphatic rings. The van der Waals surface area contributed by atoms with Crippen LogP contribution in [0.15, 0.2) is 24.9 Å². The van der Waals surface area contributed by atoms with Crippen molar-refractivity contribution in [1.82, 2.24) is 4.98 Å². The lowest BCUT2D eigenvalue weighted by atomic mass is 10.1. The number of hydrogen-bond donors (Lipinski definition) is 0. The quantitative estimate of drug-likeness (QED) is 0.689. The predicted octanol–water partition coefficient (Wildman–Crippen LogP) is 2.72. The van der Waals surface area contributed by atoms with Gasteiger partial charge >= 0.3 is 6.18 Å². The van der Waals surface area contributed by atoms with Crippen molar-refractivity contribution in [2.45, 2.75) is 6.18 Å². The average Bonchev–Trinajstić information content (AvgIpc) is 2.15. The fraction of sp³-hybridized carbons (Fsp3) is 0.222. The molecule has 1 rings (SSSR count). The Bertz CT molecular complexity index is 346. The summed E-state index contributed by atoms with van der Waals surface area (Å²) in [7, 11) is 1.26. The molecule has 0 fully saturated rings. The number of aromatic nitrogens is 1. The first-order valence-corrected chi connectivity index (χ1v) is 3.72. The van der Waals surface area contributed by atoms with Gasteiger partial charge < -0.3 is 4.74 Å². The Morgan fingerprint density at radius 3 is 2.64 bits per heavy atom. The van der Waals surface area contributed by atoms with E-state index in [0.29, 0.717) is 0 Å². The third-order valence-electron chi connectivity index (χ3n) is 1.62. The summed E-state index contributed by atoms with van der Waals surface area (Å²) in [5, 5.41) is 0. The number of methoxy groups -OCH3 is 1. The average molecular weight is 203 g/mol. The molecule has 0 N–H and O–H groups in total. The highest BCUT2D eigenvalue weighted by Crippen LogP contribution is 2.32. The lowest BCUT2D eigenvalue weighted by molar-refractivity contribution is -0.141. The Kier molecular flexibility index (Phi) is 2.78. The molecule has 0 atom stereocenters. The summed E-state index contributed by atoms with van der Waals surface area (Å²) in [6.07, 6.45) is -3.41. The number of pyridine rings is 1. The zero-order valence-electron chi connectivity index (χ0n) is 7.43. The van der Waals surface area contributed by atoms with Gasteiger partial charge in [0.25, 0.3) is 0 Å². The van der Waals surface area contributed by atoms with E-state index in [0.717, 1.165) is 6.20 Å². The Balaban J connectivity index is 3.23. The van der Waals surface area contributed by atoms with Crippen LogP contribution in [0.2, 0.25) is 0 Å². The van der Waals surface area contributed by atoms with E-state index in [1.165, 1.54) is 19.2 Å². The van der Waals surface area contributed by atoms with Crippen molar-refractivity contribution in [3.05, 3.63) is 36.2 Å². The van der Waals surface area contributed by atoms with Crippen molar-refractivity contribution < 1.29 is 17.9 Å². The van der Waals surface area contributed by atoms with E-state index >= 15 is 0 Å². The van der Waals surface area contributed by atoms with Gasteiger partial charge in [-0.1, -0.05) is 6.58 Å². The van der Waals surface area contributed by atoms with Crippen molar-refractivity contribution >= 4 is 5.76 Å². The topological polar surface area (TPSA) is 22.1 Å². The summed E-state index contributed by atoms with van der Waals surface area (Å²) < 4.78 is 41.8. The Labute approximate surface area is 79.0 Å². The van der Waals surface area contributed by atoms with Crippen LogP contribution in [0, 0.1) is 0 Å². The number of rotatable bonds is 2. The third-order valence-corrected chi connectivity index (χ3v) is 1.62. The number of hydrogen-bond acceptors (Lipinski definition) is 2. The van der Waals surface area contributed by atoms with Gasteiger partial charge in [-0.3, -0.25) is 4.98 Å². The molecular formula is C9H8F3NO. The first-order chi connectivity index (χ1) is 6.46. The molecule has 1 aromatic heterocycles. The van der Waals surface area contributed by atoms with Gasteiger partial charge in [0.15, 0.2) is 5.69 Å². The normalized spacial score (nSPS) is 11.1. The van der Waals surface area contributed by atoms with Gasteiger partial charge in [0.2, 0.25) is 0 Å². The van der Waals surface area contributed by atoms with E-state index in [-0.39, 0.29) is 11.3 Å². The largest absolute Gasteiger partial charge is 0.497 e. The summed E-state index contributed by atoms with van der Waals surface area (Å²) in [5.74, 6) is -0.0505. The van der Waals surface area contributed by atoms with Crippen LogP contribution in [0.1, 0.15) is 11.3 Å². The summed E-state index contributed by atoms with van der Waals surface area (Å²) in [5.41, 5.74) is -1.12. The fourth-order valence-electron chi connectivity index (χ4n) is 0.966. The van der Waals surface area contributed by atoms with Crippen molar-refractivity contribution in [2.75, 3.05) is 7.11 Å². The highest BCUT2D eigenvalue weighted by molar-refractivity contribution is 5.59. The molecule has 0 aliphatic carbocycles. The maximum atomic E-state index is 12.4. The minimum Gasteiger partial charge on any atom is -0.497 e. The lowest BCUT2D eigenvalue weighted by Crippen LogP contribution is -2.11. The predicted molar refractivity (Wildman–Crippen MR) is 45.3 cm³/mol. The second-order valence-electron chi connectivity index (χ2n) is 2.52. The molecule has 0 saturated carbocycles. The molecule has 1 aromatic rings. The molecule has 2 nitrogen and oxygen atoms in total. The third kappa shape index (κ3) is 2.04. The maximum absolute atomic E-state index is 12.4. The highest BCUT2D eigenvalue weighted by atomic mass is 19.4. The van der Waals surface area contributed by atoms with Crippen molar-refractivity contribution in [3.8, 4) is 0 Å². The lowest BCUT2D eigenvalue weighted by Gasteiger charge is -2.11. The smallest absolute Gasteiger partial charge is 0.434 e. The van der Waals surface area contributed by atoms with Gasteiger partial charge in [0.05, 0.1) is 7.11 Å². The molecule has 0 radical (unpaired) electrons. The second-order valence-corrected chi connectivity index (χ2v) is 2.52. The Morgan fingerprint density at radius 2 is 2.14 bits per heavy atom. The number of ether oxygens (including phenoxy) is 1. The molecule has 0 spiro atoms. The molecular weight excluding hydrogens is 195 g/mol. The molecule has 0 saturated heterocycles. The van der Waals surface area contributed by atoms with E-state index in [9.17, 15) is 13.2 Å². The molecule has 5 heteroatoms. The fourth-order valence-corrected chi connectivity index (χ4v) is 0.966.